The second-order valence-corrected chi connectivity index (χ2v) is 6.60. The normalized spacial score (nSPS) is 16.7. The SMILES string of the molecule is Cc1[nH]nc(N2C(=O)OC[C@@H]2Cc2ccccc2)c1Cc1ccccc1. The lowest BCUT2D eigenvalue weighted by Gasteiger charge is -2.20. The Morgan fingerprint density at radius 1 is 1.08 bits per heavy atom. The molecule has 0 saturated carbocycles. The zero-order valence-corrected chi connectivity index (χ0v) is 14.7. The lowest BCUT2D eigenvalue weighted by atomic mass is 10.0. The number of aromatic amines is 1. The molecule has 0 bridgehead atoms. The van der Waals surface area contributed by atoms with Crippen molar-refractivity contribution in [3.8, 4) is 0 Å². The Morgan fingerprint density at radius 3 is 2.42 bits per heavy atom. The highest BCUT2D eigenvalue weighted by Crippen LogP contribution is 2.30. The molecular weight excluding hydrogens is 326 g/mol. The number of carbonyl (C=O) groups is 1. The van der Waals surface area contributed by atoms with Crippen LogP contribution in [0.25, 0.3) is 0 Å². The van der Waals surface area contributed by atoms with E-state index in [9.17, 15) is 4.79 Å². The van der Waals surface area contributed by atoms with Gasteiger partial charge in [0.25, 0.3) is 0 Å². The number of nitrogens with one attached hydrogen (secondary N) is 1. The number of amides is 1. The van der Waals surface area contributed by atoms with Crippen LogP contribution in [0.5, 0.6) is 0 Å². The first-order valence-corrected chi connectivity index (χ1v) is 8.80. The highest BCUT2D eigenvalue weighted by atomic mass is 16.6. The molecule has 1 saturated heterocycles. The molecule has 1 aliphatic heterocycles. The van der Waals surface area contributed by atoms with E-state index in [1.165, 1.54) is 11.1 Å². The van der Waals surface area contributed by atoms with E-state index in [2.05, 4.69) is 34.5 Å². The molecule has 132 valence electrons. The van der Waals surface area contributed by atoms with Crippen LogP contribution in [-0.2, 0) is 17.6 Å². The molecule has 1 aliphatic rings. The fraction of sp³-hybridized carbons (Fsp3) is 0.238. The van der Waals surface area contributed by atoms with E-state index in [-0.39, 0.29) is 12.1 Å². The first-order chi connectivity index (χ1) is 12.7. The van der Waals surface area contributed by atoms with Crippen LogP contribution in [-0.4, -0.2) is 28.9 Å². The minimum Gasteiger partial charge on any atom is -0.447 e. The summed E-state index contributed by atoms with van der Waals surface area (Å²) in [5.74, 6) is 0.676. The highest BCUT2D eigenvalue weighted by molar-refractivity contribution is 5.90. The maximum atomic E-state index is 12.4. The fourth-order valence-electron chi connectivity index (χ4n) is 3.41. The summed E-state index contributed by atoms with van der Waals surface area (Å²) in [5, 5.41) is 7.48. The van der Waals surface area contributed by atoms with Gasteiger partial charge in [-0.1, -0.05) is 60.7 Å². The predicted octanol–water partition coefficient (Wildman–Crippen LogP) is 3.88. The van der Waals surface area contributed by atoms with E-state index >= 15 is 0 Å². The van der Waals surface area contributed by atoms with Gasteiger partial charge in [0.1, 0.15) is 6.61 Å². The third-order valence-electron chi connectivity index (χ3n) is 4.78. The van der Waals surface area contributed by atoms with Crippen LogP contribution < -0.4 is 4.90 Å². The molecule has 0 spiro atoms. The van der Waals surface area contributed by atoms with E-state index in [0.29, 0.717) is 12.4 Å². The Balaban J connectivity index is 1.64. The van der Waals surface area contributed by atoms with Gasteiger partial charge < -0.3 is 4.74 Å². The Bertz CT molecular complexity index is 890. The molecule has 2 aromatic carbocycles. The smallest absolute Gasteiger partial charge is 0.416 e. The van der Waals surface area contributed by atoms with Crippen molar-refractivity contribution in [3.05, 3.63) is 83.0 Å². The van der Waals surface area contributed by atoms with Gasteiger partial charge in [0.15, 0.2) is 5.82 Å². The van der Waals surface area contributed by atoms with Gasteiger partial charge in [0.05, 0.1) is 6.04 Å². The summed E-state index contributed by atoms with van der Waals surface area (Å²) in [7, 11) is 0. The molecule has 1 amide bonds. The van der Waals surface area contributed by atoms with Gasteiger partial charge in [-0.05, 0) is 24.5 Å². The molecule has 0 unspecified atom stereocenters. The quantitative estimate of drug-likeness (QED) is 0.762. The molecule has 5 heteroatoms. The molecular formula is C21H21N3O2. The molecule has 1 N–H and O–H groups in total. The van der Waals surface area contributed by atoms with Crippen LogP contribution in [0.3, 0.4) is 0 Å². The zero-order chi connectivity index (χ0) is 17.9. The van der Waals surface area contributed by atoms with Crippen LogP contribution in [0.15, 0.2) is 60.7 Å². The maximum absolute atomic E-state index is 12.4. The maximum Gasteiger partial charge on any atom is 0.416 e. The zero-order valence-electron chi connectivity index (χ0n) is 14.7. The van der Waals surface area contributed by atoms with E-state index in [1.54, 1.807) is 4.90 Å². The number of aromatic nitrogens is 2. The lowest BCUT2D eigenvalue weighted by molar-refractivity contribution is 0.178. The van der Waals surface area contributed by atoms with Crippen molar-refractivity contribution in [1.82, 2.24) is 10.2 Å². The van der Waals surface area contributed by atoms with Crippen molar-refractivity contribution < 1.29 is 9.53 Å². The van der Waals surface area contributed by atoms with Crippen LogP contribution in [0, 0.1) is 6.92 Å². The van der Waals surface area contributed by atoms with Crippen molar-refractivity contribution in [2.45, 2.75) is 25.8 Å². The average molecular weight is 347 g/mol. The minimum atomic E-state index is -0.327. The molecule has 26 heavy (non-hydrogen) atoms. The van der Waals surface area contributed by atoms with E-state index < -0.39 is 0 Å². The van der Waals surface area contributed by atoms with Crippen molar-refractivity contribution in [2.75, 3.05) is 11.5 Å². The molecule has 5 nitrogen and oxygen atoms in total. The van der Waals surface area contributed by atoms with Crippen LogP contribution in [0.2, 0.25) is 0 Å². The Morgan fingerprint density at radius 2 is 1.73 bits per heavy atom. The average Bonchev–Trinajstić information content (AvgIpc) is 3.20. The summed E-state index contributed by atoms with van der Waals surface area (Å²) in [5.41, 5.74) is 4.37. The van der Waals surface area contributed by atoms with Crippen molar-refractivity contribution in [2.24, 2.45) is 0 Å². The first kappa shape index (κ1) is 16.4. The molecule has 0 aliphatic carbocycles. The van der Waals surface area contributed by atoms with Crippen molar-refractivity contribution in [3.63, 3.8) is 0 Å². The van der Waals surface area contributed by atoms with Crippen molar-refractivity contribution in [1.29, 1.82) is 0 Å². The van der Waals surface area contributed by atoms with Gasteiger partial charge in [0.2, 0.25) is 0 Å². The van der Waals surface area contributed by atoms with Crippen molar-refractivity contribution >= 4 is 11.9 Å². The predicted molar refractivity (Wildman–Crippen MR) is 100 cm³/mol. The number of cyclic esters (lactones) is 1. The second-order valence-electron chi connectivity index (χ2n) is 6.60. The van der Waals surface area contributed by atoms with E-state index in [1.807, 2.05) is 43.3 Å². The first-order valence-electron chi connectivity index (χ1n) is 8.80. The van der Waals surface area contributed by atoms with E-state index in [4.69, 9.17) is 4.74 Å². The molecule has 1 aromatic heterocycles. The van der Waals surface area contributed by atoms with Crippen LogP contribution in [0.1, 0.15) is 22.4 Å². The van der Waals surface area contributed by atoms with Gasteiger partial charge >= 0.3 is 6.09 Å². The van der Waals surface area contributed by atoms with Gasteiger partial charge in [-0.2, -0.15) is 5.10 Å². The monoisotopic (exact) mass is 347 g/mol. The van der Waals surface area contributed by atoms with Crippen LogP contribution in [0.4, 0.5) is 10.6 Å². The number of hydrogen-bond donors (Lipinski definition) is 1. The number of hydrogen-bond acceptors (Lipinski definition) is 3. The Labute approximate surface area is 152 Å². The number of carbonyl (C=O) groups excluding carboxylic acids is 1. The summed E-state index contributed by atoms with van der Waals surface area (Å²) in [6.45, 7) is 2.37. The summed E-state index contributed by atoms with van der Waals surface area (Å²) in [6, 6.07) is 20.3. The third-order valence-corrected chi connectivity index (χ3v) is 4.78. The lowest BCUT2D eigenvalue weighted by Crippen LogP contribution is -2.36. The summed E-state index contributed by atoms with van der Waals surface area (Å²) >= 11 is 0. The summed E-state index contributed by atoms with van der Waals surface area (Å²) in [4.78, 5) is 14.1. The topological polar surface area (TPSA) is 58.2 Å². The summed E-state index contributed by atoms with van der Waals surface area (Å²) < 4.78 is 5.35. The Kier molecular flexibility index (Phi) is 4.44. The molecule has 0 radical (unpaired) electrons. The third kappa shape index (κ3) is 3.20. The fourth-order valence-corrected chi connectivity index (χ4v) is 3.41. The minimum absolute atomic E-state index is 0.0536. The standard InChI is InChI=1S/C21H21N3O2/c1-15-19(13-17-10-6-3-7-11-17)20(23-22-15)24-18(14-26-21(24)25)12-16-8-4-2-5-9-16/h2-11,18H,12-14H2,1H3,(H,22,23)/t18-/m0/s1. The number of benzene rings is 2. The number of anilines is 1. The molecule has 2 heterocycles. The molecule has 4 rings (SSSR count). The summed E-state index contributed by atoms with van der Waals surface area (Å²) in [6.07, 6.45) is 1.13. The molecule has 3 aromatic rings. The number of ether oxygens (including phenoxy) is 1. The number of nitrogens with zero attached hydrogens (tertiary/aromatic N) is 2. The van der Waals surface area contributed by atoms with Crippen LogP contribution >= 0.6 is 0 Å². The second kappa shape index (κ2) is 7.04. The number of aryl methyl sites for hydroxylation is 1. The molecule has 1 atom stereocenters. The van der Waals surface area contributed by atoms with Gasteiger partial charge in [0, 0.05) is 17.7 Å². The highest BCUT2D eigenvalue weighted by Gasteiger charge is 2.37. The largest absolute Gasteiger partial charge is 0.447 e. The van der Waals surface area contributed by atoms with Gasteiger partial charge in [-0.3, -0.25) is 10.00 Å². The number of H-pyrrole nitrogens is 1. The van der Waals surface area contributed by atoms with E-state index in [0.717, 1.165) is 24.1 Å². The molecule has 1 fully saturated rings. The number of rotatable bonds is 5. The Hall–Kier alpha value is -3.08. The van der Waals surface area contributed by atoms with Gasteiger partial charge in [-0.25, -0.2) is 4.79 Å². The van der Waals surface area contributed by atoms with Gasteiger partial charge in [-0.15, -0.1) is 0 Å².